The third kappa shape index (κ3) is 4.88. The number of hydrogen-bond donors (Lipinski definition) is 1. The van der Waals surface area contributed by atoms with Gasteiger partial charge in [0.2, 0.25) is 0 Å². The van der Waals surface area contributed by atoms with Crippen LogP contribution in [0.15, 0.2) is 11.6 Å². The maximum Gasteiger partial charge on any atom is 0.317 e. The second-order valence-electron chi connectivity index (χ2n) is 5.69. The molecule has 21 heavy (non-hydrogen) atoms. The minimum absolute atomic E-state index is 0.0468. The number of urea groups is 1. The molecule has 0 aromatic carbocycles. The highest BCUT2D eigenvalue weighted by atomic mass is 32.2. The molecule has 1 saturated carbocycles. The number of amides is 2. The van der Waals surface area contributed by atoms with Gasteiger partial charge in [-0.1, -0.05) is 13.8 Å². The first-order valence-electron chi connectivity index (χ1n) is 7.62. The van der Waals surface area contributed by atoms with Crippen LogP contribution in [0.3, 0.4) is 0 Å². The Bertz CT molecular complexity index is 438. The van der Waals surface area contributed by atoms with Crippen LogP contribution < -0.4 is 5.32 Å². The summed E-state index contributed by atoms with van der Waals surface area (Å²) in [5, 5.41) is 6.97. The molecule has 1 N–H and O–H groups in total. The highest BCUT2D eigenvalue weighted by Crippen LogP contribution is 2.29. The van der Waals surface area contributed by atoms with E-state index < -0.39 is 0 Å². The van der Waals surface area contributed by atoms with Gasteiger partial charge in [0.25, 0.3) is 0 Å². The molecule has 1 aromatic heterocycles. The molecule has 0 unspecified atom stereocenters. The first-order chi connectivity index (χ1) is 10.1. The molecule has 2 rings (SSSR count). The Morgan fingerprint density at radius 1 is 1.62 bits per heavy atom. The summed E-state index contributed by atoms with van der Waals surface area (Å²) < 4.78 is 0. The summed E-state index contributed by atoms with van der Waals surface area (Å²) in [6.07, 6.45) is 5.27. The van der Waals surface area contributed by atoms with Crippen molar-refractivity contribution in [2.45, 2.75) is 50.3 Å². The van der Waals surface area contributed by atoms with E-state index in [2.05, 4.69) is 24.1 Å². The maximum absolute atomic E-state index is 12.3. The molecule has 3 atom stereocenters. The molecule has 0 bridgehead atoms. The van der Waals surface area contributed by atoms with E-state index >= 15 is 0 Å². The summed E-state index contributed by atoms with van der Waals surface area (Å²) in [4.78, 5) is 18.4. The lowest BCUT2D eigenvalue weighted by Gasteiger charge is -2.23. The van der Waals surface area contributed by atoms with Gasteiger partial charge in [-0.05, 0) is 25.0 Å². The fourth-order valence-corrected chi connectivity index (χ4v) is 4.63. The molecule has 1 aliphatic rings. The van der Waals surface area contributed by atoms with Crippen LogP contribution in [0.25, 0.3) is 0 Å². The molecule has 0 aliphatic heterocycles. The average Bonchev–Trinajstić information content (AvgIpc) is 3.10. The van der Waals surface area contributed by atoms with Gasteiger partial charge in [-0.15, -0.1) is 11.3 Å². The average molecular weight is 328 g/mol. The van der Waals surface area contributed by atoms with Gasteiger partial charge in [-0.25, -0.2) is 9.78 Å². The van der Waals surface area contributed by atoms with Gasteiger partial charge in [-0.2, -0.15) is 11.8 Å². The quantitative estimate of drug-likeness (QED) is 0.869. The zero-order valence-electron chi connectivity index (χ0n) is 13.0. The fraction of sp³-hybridized carbons (Fsp3) is 0.733. The number of aromatic nitrogens is 1. The summed E-state index contributed by atoms with van der Waals surface area (Å²) in [7, 11) is 1.87. The van der Waals surface area contributed by atoms with Gasteiger partial charge in [0, 0.05) is 42.4 Å². The van der Waals surface area contributed by atoms with E-state index in [1.165, 1.54) is 6.42 Å². The Hall–Kier alpha value is -0.750. The van der Waals surface area contributed by atoms with Crippen LogP contribution in [0, 0.1) is 0 Å². The first-order valence-corrected chi connectivity index (χ1v) is 9.55. The normalized spacial score (nSPS) is 23.0. The number of carbonyl (C=O) groups excluding carboxylic acids is 1. The van der Waals surface area contributed by atoms with Crippen molar-refractivity contribution in [2.75, 3.05) is 19.3 Å². The predicted molar refractivity (Wildman–Crippen MR) is 91.2 cm³/mol. The van der Waals surface area contributed by atoms with E-state index in [0.717, 1.165) is 28.9 Å². The van der Waals surface area contributed by atoms with Crippen molar-refractivity contribution in [3.8, 4) is 0 Å². The van der Waals surface area contributed by atoms with Crippen LogP contribution in [0.2, 0.25) is 0 Å². The van der Waals surface area contributed by atoms with Crippen molar-refractivity contribution in [1.29, 1.82) is 0 Å². The van der Waals surface area contributed by atoms with E-state index in [-0.39, 0.29) is 11.9 Å². The molecule has 0 radical (unpaired) electrons. The zero-order valence-corrected chi connectivity index (χ0v) is 14.7. The van der Waals surface area contributed by atoms with Crippen molar-refractivity contribution in [2.24, 2.45) is 0 Å². The molecule has 118 valence electrons. The Balaban J connectivity index is 1.75. The maximum atomic E-state index is 12.3. The van der Waals surface area contributed by atoms with Gasteiger partial charge in [-0.3, -0.25) is 0 Å². The fourth-order valence-electron chi connectivity index (χ4n) is 2.79. The topological polar surface area (TPSA) is 45.2 Å². The molecule has 6 heteroatoms. The second-order valence-corrected chi connectivity index (χ2v) is 8.19. The Morgan fingerprint density at radius 2 is 2.43 bits per heavy atom. The summed E-state index contributed by atoms with van der Waals surface area (Å²) >= 11 is 3.67. The number of rotatable bonds is 6. The van der Waals surface area contributed by atoms with Gasteiger partial charge < -0.3 is 10.2 Å². The highest BCUT2D eigenvalue weighted by molar-refractivity contribution is 7.99. The van der Waals surface area contributed by atoms with Crippen molar-refractivity contribution in [3.63, 3.8) is 0 Å². The largest absolute Gasteiger partial charge is 0.335 e. The minimum Gasteiger partial charge on any atom is -0.335 e. The molecule has 0 saturated heterocycles. The van der Waals surface area contributed by atoms with Crippen molar-refractivity contribution >= 4 is 29.1 Å². The highest BCUT2D eigenvalue weighted by Gasteiger charge is 2.27. The third-order valence-electron chi connectivity index (χ3n) is 3.88. The van der Waals surface area contributed by atoms with Crippen LogP contribution in [-0.4, -0.2) is 46.6 Å². The standard InChI is InChI=1S/C15H25N3OS2/c1-4-20-13-6-5-12(9-13)17-15(19)18(3)10-11(2)14-16-7-8-21-14/h7-8,11-13H,4-6,9-10H2,1-3H3,(H,17,19)/t11-,12+,13+/m0/s1. The molecule has 1 aromatic rings. The lowest BCUT2D eigenvalue weighted by molar-refractivity contribution is 0.202. The smallest absolute Gasteiger partial charge is 0.317 e. The van der Waals surface area contributed by atoms with E-state index in [4.69, 9.17) is 0 Å². The number of nitrogens with zero attached hydrogens (tertiary/aromatic N) is 2. The van der Waals surface area contributed by atoms with E-state index in [9.17, 15) is 4.79 Å². The molecule has 1 fully saturated rings. The summed E-state index contributed by atoms with van der Waals surface area (Å²) in [6, 6.07) is 0.393. The lowest BCUT2D eigenvalue weighted by Crippen LogP contribution is -2.43. The molecule has 1 aliphatic carbocycles. The third-order valence-corrected chi connectivity index (χ3v) is 6.12. The number of thioether (sulfide) groups is 1. The van der Waals surface area contributed by atoms with Gasteiger partial charge in [0.1, 0.15) is 0 Å². The van der Waals surface area contributed by atoms with Gasteiger partial charge in [0.15, 0.2) is 0 Å². The van der Waals surface area contributed by atoms with Gasteiger partial charge in [0.05, 0.1) is 5.01 Å². The monoisotopic (exact) mass is 327 g/mol. The van der Waals surface area contributed by atoms with Crippen molar-refractivity contribution in [3.05, 3.63) is 16.6 Å². The van der Waals surface area contributed by atoms with E-state index in [1.54, 1.807) is 16.2 Å². The Labute approximate surface area is 135 Å². The van der Waals surface area contributed by atoms with Crippen LogP contribution in [0.4, 0.5) is 4.79 Å². The number of nitrogens with one attached hydrogen (secondary N) is 1. The molecular weight excluding hydrogens is 302 g/mol. The minimum atomic E-state index is 0.0468. The summed E-state index contributed by atoms with van der Waals surface area (Å²) in [5.74, 6) is 1.45. The number of likely N-dealkylation sites (N-methyl/N-ethyl adjacent to an activating group) is 1. The summed E-state index contributed by atoms with van der Waals surface area (Å²) in [5.41, 5.74) is 0. The number of thiazole rings is 1. The molecule has 0 spiro atoms. The molecular formula is C15H25N3OS2. The number of carbonyl (C=O) groups is 1. The molecule has 4 nitrogen and oxygen atoms in total. The van der Waals surface area contributed by atoms with Crippen LogP contribution >= 0.6 is 23.1 Å². The predicted octanol–water partition coefficient (Wildman–Crippen LogP) is 3.56. The zero-order chi connectivity index (χ0) is 15.2. The van der Waals surface area contributed by atoms with Crippen LogP contribution in [0.5, 0.6) is 0 Å². The van der Waals surface area contributed by atoms with Crippen LogP contribution in [0.1, 0.15) is 44.0 Å². The Morgan fingerprint density at radius 3 is 3.10 bits per heavy atom. The Kier molecular flexibility index (Phi) is 6.36. The lowest BCUT2D eigenvalue weighted by atomic mass is 10.2. The second kappa shape index (κ2) is 8.03. The summed E-state index contributed by atoms with van der Waals surface area (Å²) in [6.45, 7) is 5.02. The molecule has 1 heterocycles. The SMILES string of the molecule is CCS[C@@H]1CC[C@@H](NC(=O)N(C)C[C@H](C)c2nccs2)C1. The number of hydrogen-bond acceptors (Lipinski definition) is 4. The van der Waals surface area contributed by atoms with E-state index in [0.29, 0.717) is 12.6 Å². The van der Waals surface area contributed by atoms with Crippen molar-refractivity contribution < 1.29 is 4.79 Å². The first kappa shape index (κ1) is 16.6. The van der Waals surface area contributed by atoms with Gasteiger partial charge >= 0.3 is 6.03 Å². The van der Waals surface area contributed by atoms with Crippen LogP contribution in [-0.2, 0) is 0 Å². The van der Waals surface area contributed by atoms with Crippen molar-refractivity contribution in [1.82, 2.24) is 15.2 Å². The van der Waals surface area contributed by atoms with E-state index in [1.807, 2.05) is 30.4 Å². The molecule has 2 amide bonds.